The maximum Gasteiger partial charge on any atom is 0.313 e. The van der Waals surface area contributed by atoms with Crippen molar-refractivity contribution in [3.05, 3.63) is 0 Å². The van der Waals surface area contributed by atoms with Crippen LogP contribution in [-0.2, 0) is 19.0 Å². The van der Waals surface area contributed by atoms with Gasteiger partial charge in [0.1, 0.15) is 0 Å². The molecule has 0 aromatic heterocycles. The molecule has 0 fully saturated rings. The summed E-state index contributed by atoms with van der Waals surface area (Å²) in [6.45, 7) is 22.7. The summed E-state index contributed by atoms with van der Waals surface area (Å²) >= 11 is 0. The van der Waals surface area contributed by atoms with Crippen LogP contribution >= 0.6 is 0 Å². The first kappa shape index (κ1) is 25.4. The first-order chi connectivity index (χ1) is 11.5. The van der Waals surface area contributed by atoms with Crippen molar-refractivity contribution in [3.63, 3.8) is 0 Å². The van der Waals surface area contributed by atoms with Crippen molar-refractivity contribution < 1.29 is 19.0 Å². The predicted octanol–water partition coefficient (Wildman–Crippen LogP) is 5.20. The SMILES string of the molecule is COCC(C)(C)C(C(C)(C)COC)C(C(=O)OC)(C(C)(C)C)C(C)(C)C. The molecule has 0 amide bonds. The molecule has 0 rings (SSSR count). The number of methoxy groups -OCH3 is 3. The zero-order valence-electron chi connectivity index (χ0n) is 19.6. The molecule has 0 radical (unpaired) electrons. The second kappa shape index (κ2) is 8.18. The van der Waals surface area contributed by atoms with Gasteiger partial charge in [-0.05, 0) is 27.6 Å². The summed E-state index contributed by atoms with van der Waals surface area (Å²) in [4.78, 5) is 13.6. The summed E-state index contributed by atoms with van der Waals surface area (Å²) in [7, 11) is 4.94. The highest BCUT2D eigenvalue weighted by Crippen LogP contribution is 2.65. The maximum absolute atomic E-state index is 13.6. The van der Waals surface area contributed by atoms with Gasteiger partial charge in [-0.3, -0.25) is 4.79 Å². The first-order valence-corrected chi connectivity index (χ1v) is 9.53. The minimum absolute atomic E-state index is 0.0464. The van der Waals surface area contributed by atoms with E-state index < -0.39 is 5.41 Å². The van der Waals surface area contributed by atoms with Crippen molar-refractivity contribution in [1.29, 1.82) is 0 Å². The largest absolute Gasteiger partial charge is 0.469 e. The standard InChI is InChI=1S/C22H44O4/c1-18(2,3)22(17(23)26-13,19(4,5)6)16(20(7,8)14-24-11)21(9,10)15-25-12/h16H,14-15H2,1-13H3. The van der Waals surface area contributed by atoms with Crippen molar-refractivity contribution in [2.75, 3.05) is 34.5 Å². The van der Waals surface area contributed by atoms with Gasteiger partial charge in [-0.1, -0.05) is 69.2 Å². The lowest BCUT2D eigenvalue weighted by Gasteiger charge is -2.63. The van der Waals surface area contributed by atoms with Gasteiger partial charge < -0.3 is 14.2 Å². The molecule has 0 atom stereocenters. The number of carbonyl (C=O) groups is 1. The highest BCUT2D eigenvalue weighted by molar-refractivity contribution is 5.79. The van der Waals surface area contributed by atoms with E-state index >= 15 is 0 Å². The Labute approximate surface area is 162 Å². The Morgan fingerprint density at radius 3 is 1.19 bits per heavy atom. The number of hydrogen-bond acceptors (Lipinski definition) is 4. The molecule has 0 unspecified atom stereocenters. The van der Waals surface area contributed by atoms with Crippen LogP contribution in [-0.4, -0.2) is 40.5 Å². The third-order valence-electron chi connectivity index (χ3n) is 5.90. The molecule has 0 aliphatic carbocycles. The quantitative estimate of drug-likeness (QED) is 0.549. The Balaban J connectivity index is 7.18. The average molecular weight is 373 g/mol. The molecule has 156 valence electrons. The van der Waals surface area contributed by atoms with Crippen LogP contribution in [0, 0.1) is 33.0 Å². The molecule has 0 N–H and O–H groups in total. The lowest BCUT2D eigenvalue weighted by Crippen LogP contribution is -2.65. The van der Waals surface area contributed by atoms with Crippen LogP contribution in [0.25, 0.3) is 0 Å². The average Bonchev–Trinajstić information content (AvgIpc) is 2.40. The van der Waals surface area contributed by atoms with Gasteiger partial charge >= 0.3 is 5.97 Å². The van der Waals surface area contributed by atoms with Gasteiger partial charge in [0, 0.05) is 14.2 Å². The Bertz CT molecular complexity index is 432. The number of rotatable bonds is 8. The first-order valence-electron chi connectivity index (χ1n) is 9.53. The molecule has 0 saturated carbocycles. The van der Waals surface area contributed by atoms with E-state index in [2.05, 4.69) is 69.2 Å². The molecule has 4 nitrogen and oxygen atoms in total. The molecule has 0 aromatic carbocycles. The van der Waals surface area contributed by atoms with E-state index in [1.807, 2.05) is 0 Å². The topological polar surface area (TPSA) is 44.8 Å². The summed E-state index contributed by atoms with van der Waals surface area (Å²) in [6.07, 6.45) is 0. The fourth-order valence-corrected chi connectivity index (χ4v) is 6.02. The molecule has 0 saturated heterocycles. The summed E-state index contributed by atoms with van der Waals surface area (Å²) in [5.41, 5.74) is -1.96. The Kier molecular flexibility index (Phi) is 7.99. The molecular formula is C22H44O4. The number of hydrogen-bond donors (Lipinski definition) is 0. The summed E-state index contributed by atoms with van der Waals surface area (Å²) in [6, 6.07) is 0. The second-order valence-electron chi connectivity index (χ2n) is 11.1. The third kappa shape index (κ3) is 4.44. The van der Waals surface area contributed by atoms with Gasteiger partial charge in [0.2, 0.25) is 0 Å². The molecule has 0 aromatic rings. The number of esters is 1. The zero-order chi connectivity index (χ0) is 21.2. The molecule has 0 bridgehead atoms. The Morgan fingerprint density at radius 2 is 1.00 bits per heavy atom. The molecule has 0 spiro atoms. The summed E-state index contributed by atoms with van der Waals surface area (Å²) < 4.78 is 16.7. The van der Waals surface area contributed by atoms with Crippen molar-refractivity contribution in [1.82, 2.24) is 0 Å². The smallest absolute Gasteiger partial charge is 0.313 e. The normalized spacial score (nSPS) is 14.7. The van der Waals surface area contributed by atoms with Crippen LogP contribution in [0.2, 0.25) is 0 Å². The Morgan fingerprint density at radius 1 is 0.692 bits per heavy atom. The molecule has 26 heavy (non-hydrogen) atoms. The highest BCUT2D eigenvalue weighted by Gasteiger charge is 2.67. The van der Waals surface area contributed by atoms with E-state index in [9.17, 15) is 4.79 Å². The van der Waals surface area contributed by atoms with Crippen molar-refractivity contribution >= 4 is 5.97 Å². The van der Waals surface area contributed by atoms with Crippen LogP contribution in [0.1, 0.15) is 69.2 Å². The van der Waals surface area contributed by atoms with Gasteiger partial charge in [-0.15, -0.1) is 0 Å². The van der Waals surface area contributed by atoms with Crippen LogP contribution in [0.5, 0.6) is 0 Å². The van der Waals surface area contributed by atoms with Crippen LogP contribution in [0.3, 0.4) is 0 Å². The van der Waals surface area contributed by atoms with E-state index in [1.165, 1.54) is 7.11 Å². The molecular weight excluding hydrogens is 328 g/mol. The molecule has 0 heterocycles. The van der Waals surface area contributed by atoms with E-state index in [0.29, 0.717) is 13.2 Å². The third-order valence-corrected chi connectivity index (χ3v) is 5.90. The summed E-state index contributed by atoms with van der Waals surface area (Å²) in [5.74, 6) is -0.203. The molecule has 0 aliphatic rings. The van der Waals surface area contributed by atoms with Crippen LogP contribution in [0.15, 0.2) is 0 Å². The van der Waals surface area contributed by atoms with Crippen LogP contribution in [0.4, 0.5) is 0 Å². The number of ether oxygens (including phenoxy) is 3. The van der Waals surface area contributed by atoms with E-state index in [0.717, 1.165) is 0 Å². The van der Waals surface area contributed by atoms with E-state index in [4.69, 9.17) is 14.2 Å². The zero-order valence-corrected chi connectivity index (χ0v) is 19.6. The van der Waals surface area contributed by atoms with Crippen molar-refractivity contribution in [2.24, 2.45) is 33.0 Å². The molecule has 0 aliphatic heterocycles. The van der Waals surface area contributed by atoms with E-state index in [-0.39, 0.29) is 33.5 Å². The van der Waals surface area contributed by atoms with Gasteiger partial charge in [0.25, 0.3) is 0 Å². The Hall–Kier alpha value is -0.610. The van der Waals surface area contributed by atoms with Gasteiger partial charge in [-0.25, -0.2) is 0 Å². The maximum atomic E-state index is 13.6. The number of carbonyl (C=O) groups excluding carboxylic acids is 1. The highest BCUT2D eigenvalue weighted by atomic mass is 16.5. The minimum atomic E-state index is -0.751. The fourth-order valence-electron chi connectivity index (χ4n) is 6.02. The minimum Gasteiger partial charge on any atom is -0.469 e. The second-order valence-corrected chi connectivity index (χ2v) is 11.1. The van der Waals surface area contributed by atoms with Gasteiger partial charge in [0.05, 0.1) is 25.7 Å². The van der Waals surface area contributed by atoms with Gasteiger partial charge in [0.15, 0.2) is 0 Å². The monoisotopic (exact) mass is 372 g/mol. The van der Waals surface area contributed by atoms with Crippen molar-refractivity contribution in [3.8, 4) is 0 Å². The molecule has 4 heteroatoms. The van der Waals surface area contributed by atoms with E-state index in [1.54, 1.807) is 14.2 Å². The predicted molar refractivity (Wildman–Crippen MR) is 108 cm³/mol. The van der Waals surface area contributed by atoms with Gasteiger partial charge in [-0.2, -0.15) is 0 Å². The lowest BCUT2D eigenvalue weighted by molar-refractivity contribution is -0.215. The van der Waals surface area contributed by atoms with Crippen LogP contribution < -0.4 is 0 Å². The fraction of sp³-hybridized carbons (Fsp3) is 0.955. The van der Waals surface area contributed by atoms with Crippen molar-refractivity contribution in [2.45, 2.75) is 69.2 Å². The summed E-state index contributed by atoms with van der Waals surface area (Å²) in [5, 5.41) is 0. The lowest BCUT2D eigenvalue weighted by atomic mass is 9.40.